The summed E-state index contributed by atoms with van der Waals surface area (Å²) >= 11 is 0. The SMILES string of the molecule is CC1CCNCC1NC(=O)c1ccc(C(F)(F)F)cc1. The molecule has 0 spiro atoms. The lowest BCUT2D eigenvalue weighted by molar-refractivity contribution is -0.137. The fraction of sp³-hybridized carbons (Fsp3) is 0.500. The number of hydrogen-bond acceptors (Lipinski definition) is 2. The summed E-state index contributed by atoms with van der Waals surface area (Å²) in [6.07, 6.45) is -3.41. The van der Waals surface area contributed by atoms with E-state index in [1.165, 1.54) is 12.1 Å². The number of alkyl halides is 3. The molecule has 0 aromatic heterocycles. The van der Waals surface area contributed by atoms with Crippen molar-refractivity contribution >= 4 is 5.91 Å². The van der Waals surface area contributed by atoms with Gasteiger partial charge in [0.2, 0.25) is 0 Å². The molecule has 1 heterocycles. The minimum atomic E-state index is -4.38. The van der Waals surface area contributed by atoms with E-state index in [4.69, 9.17) is 0 Å². The molecule has 1 amide bonds. The van der Waals surface area contributed by atoms with E-state index in [1.54, 1.807) is 0 Å². The average Bonchev–Trinajstić information content (AvgIpc) is 2.40. The molecule has 1 aliphatic rings. The van der Waals surface area contributed by atoms with Crippen molar-refractivity contribution in [2.45, 2.75) is 25.6 Å². The lowest BCUT2D eigenvalue weighted by Crippen LogP contribution is -2.50. The number of halogens is 3. The standard InChI is InChI=1S/C14H17F3N2O/c1-9-6-7-18-8-12(9)19-13(20)10-2-4-11(5-3-10)14(15,16)17/h2-5,9,12,18H,6-8H2,1H3,(H,19,20). The van der Waals surface area contributed by atoms with Gasteiger partial charge in [0, 0.05) is 18.2 Å². The number of nitrogens with one attached hydrogen (secondary N) is 2. The smallest absolute Gasteiger partial charge is 0.348 e. The average molecular weight is 286 g/mol. The fourth-order valence-corrected chi connectivity index (χ4v) is 2.25. The van der Waals surface area contributed by atoms with Crippen LogP contribution in [0.5, 0.6) is 0 Å². The van der Waals surface area contributed by atoms with E-state index in [-0.39, 0.29) is 17.5 Å². The molecular formula is C14H17F3N2O. The second-order valence-corrected chi connectivity index (χ2v) is 5.13. The second kappa shape index (κ2) is 5.83. The van der Waals surface area contributed by atoms with Crippen LogP contribution in [0.4, 0.5) is 13.2 Å². The Morgan fingerprint density at radius 2 is 1.95 bits per heavy atom. The Balaban J connectivity index is 2.02. The molecule has 1 aromatic rings. The van der Waals surface area contributed by atoms with E-state index < -0.39 is 11.7 Å². The fourth-order valence-electron chi connectivity index (χ4n) is 2.25. The molecular weight excluding hydrogens is 269 g/mol. The third kappa shape index (κ3) is 3.50. The van der Waals surface area contributed by atoms with Crippen molar-refractivity contribution < 1.29 is 18.0 Å². The van der Waals surface area contributed by atoms with Crippen molar-refractivity contribution in [1.82, 2.24) is 10.6 Å². The van der Waals surface area contributed by atoms with Crippen LogP contribution in [0.1, 0.15) is 29.3 Å². The zero-order valence-corrected chi connectivity index (χ0v) is 11.1. The van der Waals surface area contributed by atoms with Crippen LogP contribution in [-0.2, 0) is 6.18 Å². The molecule has 20 heavy (non-hydrogen) atoms. The number of amides is 1. The number of carbonyl (C=O) groups excluding carboxylic acids is 1. The minimum Gasteiger partial charge on any atom is -0.348 e. The summed E-state index contributed by atoms with van der Waals surface area (Å²) in [5.41, 5.74) is -0.502. The maximum Gasteiger partial charge on any atom is 0.416 e. The Labute approximate surface area is 115 Å². The lowest BCUT2D eigenvalue weighted by atomic mass is 9.94. The van der Waals surface area contributed by atoms with Crippen LogP contribution in [0, 0.1) is 5.92 Å². The molecule has 0 bridgehead atoms. The van der Waals surface area contributed by atoms with Gasteiger partial charge < -0.3 is 10.6 Å². The van der Waals surface area contributed by atoms with Crippen molar-refractivity contribution in [2.75, 3.05) is 13.1 Å². The Bertz CT molecular complexity index is 470. The van der Waals surface area contributed by atoms with E-state index in [1.807, 2.05) is 0 Å². The van der Waals surface area contributed by atoms with Crippen LogP contribution in [0.15, 0.2) is 24.3 Å². The Hall–Kier alpha value is -1.56. The van der Waals surface area contributed by atoms with Crippen molar-refractivity contribution in [3.05, 3.63) is 35.4 Å². The second-order valence-electron chi connectivity index (χ2n) is 5.13. The number of hydrogen-bond donors (Lipinski definition) is 2. The van der Waals surface area contributed by atoms with Crippen molar-refractivity contribution in [1.29, 1.82) is 0 Å². The first-order chi connectivity index (χ1) is 9.38. The number of rotatable bonds is 2. The normalized spacial score (nSPS) is 23.4. The van der Waals surface area contributed by atoms with Crippen LogP contribution in [0.3, 0.4) is 0 Å². The first kappa shape index (κ1) is 14.8. The van der Waals surface area contributed by atoms with Gasteiger partial charge in [-0.25, -0.2) is 0 Å². The molecule has 2 unspecified atom stereocenters. The molecule has 0 radical (unpaired) electrons. The summed E-state index contributed by atoms with van der Waals surface area (Å²) in [7, 11) is 0. The van der Waals surface area contributed by atoms with E-state index in [9.17, 15) is 18.0 Å². The molecule has 0 saturated carbocycles. The van der Waals surface area contributed by atoms with Crippen LogP contribution in [0.2, 0.25) is 0 Å². The van der Waals surface area contributed by atoms with Crippen LogP contribution < -0.4 is 10.6 Å². The van der Waals surface area contributed by atoms with Crippen LogP contribution in [0.25, 0.3) is 0 Å². The summed E-state index contributed by atoms with van der Waals surface area (Å²) < 4.78 is 37.3. The molecule has 2 N–H and O–H groups in total. The van der Waals surface area contributed by atoms with Gasteiger partial charge in [0.05, 0.1) is 5.56 Å². The van der Waals surface area contributed by atoms with E-state index in [2.05, 4.69) is 17.6 Å². The highest BCUT2D eigenvalue weighted by Gasteiger charge is 2.30. The number of benzene rings is 1. The Morgan fingerprint density at radius 3 is 2.50 bits per heavy atom. The van der Waals surface area contributed by atoms with Gasteiger partial charge in [-0.1, -0.05) is 6.92 Å². The van der Waals surface area contributed by atoms with E-state index in [0.29, 0.717) is 12.5 Å². The number of piperidine rings is 1. The number of carbonyl (C=O) groups is 1. The molecule has 2 rings (SSSR count). The van der Waals surface area contributed by atoms with Crippen LogP contribution in [-0.4, -0.2) is 25.0 Å². The van der Waals surface area contributed by atoms with Gasteiger partial charge in [-0.05, 0) is 43.1 Å². The molecule has 0 aliphatic carbocycles. The molecule has 1 aromatic carbocycles. The van der Waals surface area contributed by atoms with Crippen molar-refractivity contribution in [3.63, 3.8) is 0 Å². The predicted octanol–water partition coefficient (Wildman–Crippen LogP) is 2.43. The van der Waals surface area contributed by atoms with E-state index in [0.717, 1.165) is 25.1 Å². The molecule has 2 atom stereocenters. The third-order valence-electron chi connectivity index (χ3n) is 3.62. The summed E-state index contributed by atoms with van der Waals surface area (Å²) in [5, 5.41) is 6.05. The maximum atomic E-state index is 12.4. The first-order valence-corrected chi connectivity index (χ1v) is 6.57. The summed E-state index contributed by atoms with van der Waals surface area (Å²) in [6.45, 7) is 3.67. The van der Waals surface area contributed by atoms with Crippen LogP contribution >= 0.6 is 0 Å². The maximum absolute atomic E-state index is 12.4. The first-order valence-electron chi connectivity index (χ1n) is 6.57. The van der Waals surface area contributed by atoms with Crippen molar-refractivity contribution in [3.8, 4) is 0 Å². The van der Waals surface area contributed by atoms with Gasteiger partial charge in [-0.3, -0.25) is 4.79 Å². The lowest BCUT2D eigenvalue weighted by Gasteiger charge is -2.30. The van der Waals surface area contributed by atoms with Crippen molar-refractivity contribution in [2.24, 2.45) is 5.92 Å². The van der Waals surface area contributed by atoms with Gasteiger partial charge in [-0.2, -0.15) is 13.2 Å². The molecule has 1 fully saturated rings. The highest BCUT2D eigenvalue weighted by molar-refractivity contribution is 5.94. The van der Waals surface area contributed by atoms with Gasteiger partial charge >= 0.3 is 6.18 Å². The summed E-state index contributed by atoms with van der Waals surface area (Å²) in [6, 6.07) is 4.28. The van der Waals surface area contributed by atoms with E-state index >= 15 is 0 Å². The Morgan fingerprint density at radius 1 is 1.30 bits per heavy atom. The monoisotopic (exact) mass is 286 g/mol. The summed E-state index contributed by atoms with van der Waals surface area (Å²) in [4.78, 5) is 12.0. The molecule has 1 saturated heterocycles. The van der Waals surface area contributed by atoms with Gasteiger partial charge in [0.1, 0.15) is 0 Å². The van der Waals surface area contributed by atoms with Gasteiger partial charge in [0.25, 0.3) is 5.91 Å². The zero-order valence-electron chi connectivity index (χ0n) is 11.1. The third-order valence-corrected chi connectivity index (χ3v) is 3.62. The zero-order chi connectivity index (χ0) is 14.8. The quantitative estimate of drug-likeness (QED) is 0.876. The molecule has 6 heteroatoms. The summed E-state index contributed by atoms with van der Waals surface area (Å²) in [5.74, 6) is 0.0222. The largest absolute Gasteiger partial charge is 0.416 e. The molecule has 1 aliphatic heterocycles. The topological polar surface area (TPSA) is 41.1 Å². The molecule has 3 nitrogen and oxygen atoms in total. The highest BCUT2D eigenvalue weighted by Crippen LogP contribution is 2.29. The minimum absolute atomic E-state index is 0.0125. The van der Waals surface area contributed by atoms with Gasteiger partial charge in [0.15, 0.2) is 0 Å². The predicted molar refractivity (Wildman–Crippen MR) is 69.3 cm³/mol. The molecule has 110 valence electrons. The van der Waals surface area contributed by atoms with Gasteiger partial charge in [-0.15, -0.1) is 0 Å². The Kier molecular flexibility index (Phi) is 4.32. The highest BCUT2D eigenvalue weighted by atomic mass is 19.4.